The van der Waals surface area contributed by atoms with E-state index in [4.69, 9.17) is 4.74 Å². The third-order valence-electron chi connectivity index (χ3n) is 4.84. The predicted molar refractivity (Wildman–Crippen MR) is 108 cm³/mol. The van der Waals surface area contributed by atoms with Crippen molar-refractivity contribution in [1.29, 1.82) is 0 Å². The lowest BCUT2D eigenvalue weighted by atomic mass is 9.87. The van der Waals surface area contributed by atoms with Gasteiger partial charge in [-0.2, -0.15) is 0 Å². The van der Waals surface area contributed by atoms with Crippen molar-refractivity contribution >= 4 is 23.6 Å². The minimum absolute atomic E-state index is 0.0685. The van der Waals surface area contributed by atoms with Crippen LogP contribution < -0.4 is 5.32 Å². The Morgan fingerprint density at radius 3 is 2.83 bits per heavy atom. The normalized spacial score (nSPS) is 16.7. The highest BCUT2D eigenvalue weighted by atomic mass is 16.6. The Morgan fingerprint density at radius 2 is 2.03 bits per heavy atom. The Balaban J connectivity index is 1.56. The van der Waals surface area contributed by atoms with E-state index >= 15 is 0 Å². The van der Waals surface area contributed by atoms with Crippen molar-refractivity contribution in [2.24, 2.45) is 0 Å². The van der Waals surface area contributed by atoms with Gasteiger partial charge in [0.1, 0.15) is 0 Å². The van der Waals surface area contributed by atoms with Gasteiger partial charge in [-0.1, -0.05) is 36.4 Å². The van der Waals surface area contributed by atoms with Crippen LogP contribution in [0.2, 0.25) is 0 Å². The summed E-state index contributed by atoms with van der Waals surface area (Å²) < 4.78 is 5.17. The summed E-state index contributed by atoms with van der Waals surface area (Å²) in [6.07, 6.45) is 4.44. The first-order valence-electron chi connectivity index (χ1n) is 9.45. The lowest BCUT2D eigenvalue weighted by molar-refractivity contribution is -0.384. The molecule has 0 bridgehead atoms. The number of benzene rings is 2. The molecule has 29 heavy (non-hydrogen) atoms. The quantitative estimate of drug-likeness (QED) is 0.348. The molecule has 2 aromatic rings. The average molecular weight is 394 g/mol. The molecule has 1 amide bonds. The molecule has 150 valence electrons. The molecule has 2 atom stereocenters. The fraction of sp³-hybridized carbons (Fsp3) is 0.273. The van der Waals surface area contributed by atoms with Crippen molar-refractivity contribution in [3.63, 3.8) is 0 Å². The standard InChI is InChI=1S/C22H22N2O5/c1-15(22(26)23-20-11-5-8-17-7-2-3-10-19(17)20)29-21(25)13-12-16-6-4-9-18(14-16)24(27)28/h2-4,6-7,9-10,12-15,20H,5,8,11H2,1H3,(H,23,26)/b13-12+/t15-,20+/m1/s1. The van der Waals surface area contributed by atoms with Crippen LogP contribution in [0.4, 0.5) is 5.69 Å². The number of nitrogens with zero attached hydrogens (tertiary/aromatic N) is 1. The van der Waals surface area contributed by atoms with Crippen LogP contribution in [0.5, 0.6) is 0 Å². The molecule has 1 N–H and O–H groups in total. The lowest BCUT2D eigenvalue weighted by Gasteiger charge is -2.27. The van der Waals surface area contributed by atoms with E-state index in [2.05, 4.69) is 11.4 Å². The molecule has 0 heterocycles. The molecule has 2 aromatic carbocycles. The Labute approximate surface area is 168 Å². The molecule has 0 fully saturated rings. The summed E-state index contributed by atoms with van der Waals surface area (Å²) in [6, 6.07) is 13.8. The number of hydrogen-bond donors (Lipinski definition) is 1. The maximum absolute atomic E-state index is 12.5. The number of carbonyl (C=O) groups excluding carboxylic acids is 2. The number of fused-ring (bicyclic) bond motifs is 1. The van der Waals surface area contributed by atoms with Crippen molar-refractivity contribution in [3.05, 3.63) is 81.4 Å². The molecule has 0 spiro atoms. The SMILES string of the molecule is C[C@@H](OC(=O)/C=C/c1cccc([N+](=O)[O-])c1)C(=O)N[C@H]1CCCc2ccccc21. The van der Waals surface area contributed by atoms with E-state index in [1.165, 1.54) is 36.8 Å². The third kappa shape index (κ3) is 5.28. The topological polar surface area (TPSA) is 98.5 Å². The maximum atomic E-state index is 12.5. The number of nitrogens with one attached hydrogen (secondary N) is 1. The van der Waals surface area contributed by atoms with Crippen LogP contribution in [-0.4, -0.2) is 22.9 Å². The third-order valence-corrected chi connectivity index (χ3v) is 4.84. The van der Waals surface area contributed by atoms with Gasteiger partial charge in [0.2, 0.25) is 0 Å². The Hall–Kier alpha value is -3.48. The second-order valence-corrected chi connectivity index (χ2v) is 6.92. The largest absolute Gasteiger partial charge is 0.449 e. The summed E-state index contributed by atoms with van der Waals surface area (Å²) in [5.74, 6) is -1.05. The van der Waals surface area contributed by atoms with Crippen molar-refractivity contribution in [3.8, 4) is 0 Å². The number of carbonyl (C=O) groups is 2. The molecular formula is C22H22N2O5. The van der Waals surface area contributed by atoms with E-state index in [-0.39, 0.29) is 17.6 Å². The molecule has 0 radical (unpaired) electrons. The van der Waals surface area contributed by atoms with Gasteiger partial charge in [0.15, 0.2) is 6.10 Å². The van der Waals surface area contributed by atoms with E-state index in [1.807, 2.05) is 18.2 Å². The number of ether oxygens (including phenoxy) is 1. The predicted octanol–water partition coefficient (Wildman–Crippen LogP) is 3.73. The average Bonchev–Trinajstić information content (AvgIpc) is 2.72. The number of esters is 1. The molecule has 0 saturated carbocycles. The van der Waals surface area contributed by atoms with Crippen molar-refractivity contribution < 1.29 is 19.2 Å². The van der Waals surface area contributed by atoms with E-state index in [9.17, 15) is 19.7 Å². The zero-order valence-electron chi connectivity index (χ0n) is 16.0. The fourth-order valence-corrected chi connectivity index (χ4v) is 3.37. The molecule has 0 aliphatic heterocycles. The summed E-state index contributed by atoms with van der Waals surface area (Å²) >= 11 is 0. The zero-order chi connectivity index (χ0) is 20.8. The van der Waals surface area contributed by atoms with Crippen molar-refractivity contribution in [2.45, 2.75) is 38.3 Å². The second-order valence-electron chi connectivity index (χ2n) is 6.92. The van der Waals surface area contributed by atoms with Crippen LogP contribution in [-0.2, 0) is 20.7 Å². The van der Waals surface area contributed by atoms with E-state index < -0.39 is 17.0 Å². The molecule has 7 nitrogen and oxygen atoms in total. The second kappa shape index (κ2) is 9.14. The van der Waals surface area contributed by atoms with Crippen LogP contribution >= 0.6 is 0 Å². The van der Waals surface area contributed by atoms with Gasteiger partial charge in [-0.05, 0) is 49.0 Å². The molecule has 3 rings (SSSR count). The van der Waals surface area contributed by atoms with Crippen LogP contribution in [0.25, 0.3) is 6.08 Å². The first-order chi connectivity index (χ1) is 13.9. The number of amides is 1. The molecule has 0 aromatic heterocycles. The summed E-state index contributed by atoms with van der Waals surface area (Å²) in [5.41, 5.74) is 2.76. The van der Waals surface area contributed by atoms with Gasteiger partial charge in [0.05, 0.1) is 11.0 Å². The van der Waals surface area contributed by atoms with E-state index in [1.54, 1.807) is 6.07 Å². The zero-order valence-corrected chi connectivity index (χ0v) is 16.0. The first kappa shape index (κ1) is 20.3. The van der Waals surface area contributed by atoms with E-state index in [0.29, 0.717) is 5.56 Å². The van der Waals surface area contributed by atoms with Crippen molar-refractivity contribution in [1.82, 2.24) is 5.32 Å². The van der Waals surface area contributed by atoms with Crippen LogP contribution in [0.1, 0.15) is 42.5 Å². The number of hydrogen-bond acceptors (Lipinski definition) is 5. The van der Waals surface area contributed by atoms with Crippen LogP contribution in [0.3, 0.4) is 0 Å². The monoisotopic (exact) mass is 394 g/mol. The minimum Gasteiger partial charge on any atom is -0.449 e. The van der Waals surface area contributed by atoms with Gasteiger partial charge in [0.25, 0.3) is 11.6 Å². The molecule has 0 saturated heterocycles. The van der Waals surface area contributed by atoms with Crippen molar-refractivity contribution in [2.75, 3.05) is 0 Å². The summed E-state index contributed by atoms with van der Waals surface area (Å²) in [6.45, 7) is 1.52. The molecule has 1 aliphatic carbocycles. The first-order valence-corrected chi connectivity index (χ1v) is 9.45. The van der Waals surface area contributed by atoms with Gasteiger partial charge >= 0.3 is 5.97 Å². The number of nitro benzene ring substituents is 1. The van der Waals surface area contributed by atoms with Gasteiger partial charge in [-0.15, -0.1) is 0 Å². The number of aryl methyl sites for hydroxylation is 1. The minimum atomic E-state index is -0.952. The highest BCUT2D eigenvalue weighted by molar-refractivity contribution is 5.90. The molecule has 0 unspecified atom stereocenters. The lowest BCUT2D eigenvalue weighted by Crippen LogP contribution is -2.39. The molecule has 1 aliphatic rings. The van der Waals surface area contributed by atoms with Gasteiger partial charge in [0, 0.05) is 18.2 Å². The Bertz CT molecular complexity index is 954. The Kier molecular flexibility index (Phi) is 6.39. The maximum Gasteiger partial charge on any atom is 0.331 e. The van der Waals surface area contributed by atoms with Gasteiger partial charge < -0.3 is 10.1 Å². The number of rotatable bonds is 6. The fourth-order valence-electron chi connectivity index (χ4n) is 3.37. The smallest absolute Gasteiger partial charge is 0.331 e. The summed E-state index contributed by atoms with van der Waals surface area (Å²) in [7, 11) is 0. The highest BCUT2D eigenvalue weighted by Crippen LogP contribution is 2.29. The van der Waals surface area contributed by atoms with Gasteiger partial charge in [-0.25, -0.2) is 4.79 Å². The summed E-state index contributed by atoms with van der Waals surface area (Å²) in [5, 5.41) is 13.8. The highest BCUT2D eigenvalue weighted by Gasteiger charge is 2.24. The summed E-state index contributed by atoms with van der Waals surface area (Å²) in [4.78, 5) is 34.8. The molecule has 7 heteroatoms. The van der Waals surface area contributed by atoms with E-state index in [0.717, 1.165) is 30.9 Å². The Morgan fingerprint density at radius 1 is 1.24 bits per heavy atom. The van der Waals surface area contributed by atoms with Gasteiger partial charge in [-0.3, -0.25) is 14.9 Å². The number of non-ortho nitro benzene ring substituents is 1. The molecular weight excluding hydrogens is 372 g/mol. The van der Waals surface area contributed by atoms with Crippen LogP contribution in [0, 0.1) is 10.1 Å². The number of nitro groups is 1. The van der Waals surface area contributed by atoms with Crippen LogP contribution in [0.15, 0.2) is 54.6 Å².